The maximum atomic E-state index is 10.9. The molecule has 2 aliphatic rings. The van der Waals surface area contributed by atoms with Crippen LogP contribution in [-0.2, 0) is 6.42 Å². The lowest BCUT2D eigenvalue weighted by Crippen LogP contribution is -2.52. The summed E-state index contributed by atoms with van der Waals surface area (Å²) < 4.78 is 0. The largest absolute Gasteiger partial charge is 0.396 e. The summed E-state index contributed by atoms with van der Waals surface area (Å²) in [6, 6.07) is 8.58. The van der Waals surface area contributed by atoms with E-state index in [9.17, 15) is 10.2 Å². The minimum absolute atomic E-state index is 0.168. The molecule has 0 radical (unpaired) electrons. The maximum absolute atomic E-state index is 10.9. The number of likely N-dealkylation sites (tertiary alicyclic amines) is 1. The number of H-pyrrole nitrogens is 1. The Balaban J connectivity index is 1.87. The van der Waals surface area contributed by atoms with E-state index >= 15 is 0 Å². The molecule has 4 atom stereocenters. The molecule has 1 fully saturated rings. The van der Waals surface area contributed by atoms with E-state index in [0.29, 0.717) is 12.5 Å². The molecule has 0 spiro atoms. The van der Waals surface area contributed by atoms with Crippen LogP contribution < -0.4 is 0 Å². The summed E-state index contributed by atoms with van der Waals surface area (Å²) >= 11 is 0. The van der Waals surface area contributed by atoms with Gasteiger partial charge in [0.05, 0.1) is 6.10 Å². The topological polar surface area (TPSA) is 59.5 Å². The first kappa shape index (κ1) is 15.9. The van der Waals surface area contributed by atoms with Gasteiger partial charge in [0.25, 0.3) is 0 Å². The summed E-state index contributed by atoms with van der Waals surface area (Å²) in [5.41, 5.74) is 4.61. The van der Waals surface area contributed by atoms with E-state index < -0.39 is 6.10 Å². The number of rotatable bonds is 1. The SMILES string of the molecule is C/C=C1/CN(C)[C@H]2Cc3c([nH]c4ccccc34)[C@@H](O)C[C@@H]1[C@@H]2CO. The minimum Gasteiger partial charge on any atom is -0.396 e. The third-order valence-electron chi connectivity index (χ3n) is 6.14. The highest BCUT2D eigenvalue weighted by Crippen LogP contribution is 2.43. The van der Waals surface area contributed by atoms with Gasteiger partial charge in [0.15, 0.2) is 0 Å². The number of likely N-dealkylation sites (N-methyl/N-ethyl adjacent to an activating group) is 1. The van der Waals surface area contributed by atoms with Crippen molar-refractivity contribution in [1.29, 1.82) is 0 Å². The Labute approximate surface area is 142 Å². The number of aliphatic hydroxyl groups is 2. The molecule has 1 aromatic heterocycles. The van der Waals surface area contributed by atoms with E-state index in [2.05, 4.69) is 48.1 Å². The number of nitrogens with one attached hydrogen (secondary N) is 1. The monoisotopic (exact) mass is 326 g/mol. The molecule has 2 bridgehead atoms. The second-order valence-corrected chi connectivity index (χ2v) is 7.32. The molecule has 4 heteroatoms. The van der Waals surface area contributed by atoms with E-state index in [1.807, 2.05) is 6.07 Å². The van der Waals surface area contributed by atoms with Crippen LogP contribution in [0.3, 0.4) is 0 Å². The van der Waals surface area contributed by atoms with E-state index in [1.54, 1.807) is 0 Å². The molecule has 24 heavy (non-hydrogen) atoms. The number of hydrogen-bond acceptors (Lipinski definition) is 3. The minimum atomic E-state index is -0.509. The molecule has 2 aromatic rings. The molecule has 2 heterocycles. The summed E-state index contributed by atoms with van der Waals surface area (Å²) in [5, 5.41) is 22.2. The first-order chi connectivity index (χ1) is 11.6. The predicted octanol–water partition coefficient (Wildman–Crippen LogP) is 2.63. The van der Waals surface area contributed by atoms with Crippen LogP contribution in [0.5, 0.6) is 0 Å². The number of piperidine rings is 1. The first-order valence-electron chi connectivity index (χ1n) is 8.87. The Morgan fingerprint density at radius 3 is 2.88 bits per heavy atom. The smallest absolute Gasteiger partial charge is 0.0946 e. The third kappa shape index (κ3) is 2.32. The highest BCUT2D eigenvalue weighted by Gasteiger charge is 2.42. The Morgan fingerprint density at radius 2 is 2.12 bits per heavy atom. The fourth-order valence-corrected chi connectivity index (χ4v) is 4.87. The van der Waals surface area contributed by atoms with Crippen molar-refractivity contribution < 1.29 is 10.2 Å². The van der Waals surface area contributed by atoms with Gasteiger partial charge in [-0.05, 0) is 44.4 Å². The fraction of sp³-hybridized carbons (Fsp3) is 0.500. The molecule has 0 amide bonds. The maximum Gasteiger partial charge on any atom is 0.0946 e. The highest BCUT2D eigenvalue weighted by molar-refractivity contribution is 5.85. The first-order valence-corrected chi connectivity index (χ1v) is 8.87. The van der Waals surface area contributed by atoms with Gasteiger partial charge < -0.3 is 15.2 Å². The van der Waals surface area contributed by atoms with Crippen molar-refractivity contribution in [2.45, 2.75) is 31.9 Å². The molecule has 0 unspecified atom stereocenters. The zero-order chi connectivity index (χ0) is 16.8. The number of nitrogens with zero attached hydrogens (tertiary/aromatic N) is 1. The second-order valence-electron chi connectivity index (χ2n) is 7.32. The van der Waals surface area contributed by atoms with Crippen molar-refractivity contribution in [3.05, 3.63) is 47.2 Å². The lowest BCUT2D eigenvalue weighted by atomic mass is 9.70. The van der Waals surface area contributed by atoms with E-state index in [0.717, 1.165) is 24.2 Å². The number of aliphatic hydroxyl groups excluding tert-OH is 2. The van der Waals surface area contributed by atoms with Crippen LogP contribution in [0.15, 0.2) is 35.9 Å². The molecule has 4 rings (SSSR count). The van der Waals surface area contributed by atoms with E-state index in [1.165, 1.54) is 16.5 Å². The summed E-state index contributed by atoms with van der Waals surface area (Å²) in [7, 11) is 2.15. The predicted molar refractivity (Wildman–Crippen MR) is 95.8 cm³/mol. The Morgan fingerprint density at radius 1 is 1.33 bits per heavy atom. The van der Waals surface area contributed by atoms with Gasteiger partial charge in [0, 0.05) is 41.7 Å². The molecule has 1 aromatic carbocycles. The van der Waals surface area contributed by atoms with Crippen LogP contribution in [0.4, 0.5) is 0 Å². The Bertz CT molecular complexity index is 779. The number of allylic oxidation sites excluding steroid dienone is 1. The number of hydrogen-bond donors (Lipinski definition) is 3. The average Bonchev–Trinajstić information content (AvgIpc) is 2.95. The quantitative estimate of drug-likeness (QED) is 0.706. The van der Waals surface area contributed by atoms with Crippen LogP contribution in [0.25, 0.3) is 10.9 Å². The second kappa shape index (κ2) is 6.03. The molecular weight excluding hydrogens is 300 g/mol. The Hall–Kier alpha value is -1.62. The molecule has 4 nitrogen and oxygen atoms in total. The van der Waals surface area contributed by atoms with Crippen molar-refractivity contribution in [3.63, 3.8) is 0 Å². The summed E-state index contributed by atoms with van der Waals surface area (Å²) in [4.78, 5) is 5.82. The van der Waals surface area contributed by atoms with Gasteiger partial charge in [-0.25, -0.2) is 0 Å². The van der Waals surface area contributed by atoms with Crippen molar-refractivity contribution in [1.82, 2.24) is 9.88 Å². The normalized spacial score (nSPS) is 32.6. The van der Waals surface area contributed by atoms with Crippen molar-refractivity contribution in [2.75, 3.05) is 20.2 Å². The number of aromatic nitrogens is 1. The molecular formula is C20H26N2O2. The highest BCUT2D eigenvalue weighted by atomic mass is 16.3. The molecule has 0 saturated carbocycles. The molecule has 1 saturated heterocycles. The summed E-state index contributed by atoms with van der Waals surface area (Å²) in [5.74, 6) is 0.419. The third-order valence-corrected chi connectivity index (χ3v) is 6.14. The van der Waals surface area contributed by atoms with Gasteiger partial charge in [-0.2, -0.15) is 0 Å². The van der Waals surface area contributed by atoms with Crippen molar-refractivity contribution >= 4 is 10.9 Å². The number of benzene rings is 1. The average molecular weight is 326 g/mol. The van der Waals surface area contributed by atoms with Gasteiger partial charge in [-0.3, -0.25) is 4.90 Å². The molecule has 1 aliphatic carbocycles. The van der Waals surface area contributed by atoms with Crippen molar-refractivity contribution in [2.24, 2.45) is 11.8 Å². The fourth-order valence-electron chi connectivity index (χ4n) is 4.87. The van der Waals surface area contributed by atoms with Crippen LogP contribution in [-0.4, -0.2) is 46.3 Å². The van der Waals surface area contributed by atoms with Gasteiger partial charge in [0.2, 0.25) is 0 Å². The van der Waals surface area contributed by atoms with Crippen LogP contribution >= 0.6 is 0 Å². The zero-order valence-electron chi connectivity index (χ0n) is 14.4. The lowest BCUT2D eigenvalue weighted by molar-refractivity contribution is 0.0288. The van der Waals surface area contributed by atoms with Gasteiger partial charge in [-0.15, -0.1) is 0 Å². The number of fused-ring (bicyclic) bond motifs is 5. The zero-order valence-corrected chi connectivity index (χ0v) is 14.4. The van der Waals surface area contributed by atoms with E-state index in [4.69, 9.17) is 0 Å². The van der Waals surface area contributed by atoms with E-state index in [-0.39, 0.29) is 18.4 Å². The Kier molecular flexibility index (Phi) is 3.99. The van der Waals surface area contributed by atoms with Gasteiger partial charge in [0.1, 0.15) is 0 Å². The van der Waals surface area contributed by atoms with Gasteiger partial charge >= 0.3 is 0 Å². The molecule has 1 aliphatic heterocycles. The molecule has 3 N–H and O–H groups in total. The molecule has 128 valence electrons. The summed E-state index contributed by atoms with van der Waals surface area (Å²) in [6.07, 6.45) is 3.20. The van der Waals surface area contributed by atoms with Crippen molar-refractivity contribution in [3.8, 4) is 0 Å². The van der Waals surface area contributed by atoms with Crippen LogP contribution in [0.1, 0.15) is 30.7 Å². The number of aromatic amines is 1. The lowest BCUT2D eigenvalue weighted by Gasteiger charge is -2.47. The number of para-hydroxylation sites is 1. The van der Waals surface area contributed by atoms with Gasteiger partial charge in [-0.1, -0.05) is 29.8 Å². The van der Waals surface area contributed by atoms with Crippen LogP contribution in [0, 0.1) is 11.8 Å². The standard InChI is InChI=1S/C20H26N2O2/c1-3-12-10-22(2)18-8-15-13-6-4-5-7-17(13)21-20(15)19(24)9-14(12)16(18)11-23/h3-7,14,16,18-19,21,23-24H,8-11H2,1-2H3/b12-3-/t14-,16-,18-,19-/m0/s1. The summed E-state index contributed by atoms with van der Waals surface area (Å²) in [6.45, 7) is 3.16. The van der Waals surface area contributed by atoms with Crippen LogP contribution in [0.2, 0.25) is 0 Å².